The number of hydrogen-bond donors (Lipinski definition) is 1. The molecule has 1 aliphatic carbocycles. The summed E-state index contributed by atoms with van der Waals surface area (Å²) in [5.74, 6) is -0.619. The summed E-state index contributed by atoms with van der Waals surface area (Å²) in [5, 5.41) is 13.7. The first kappa shape index (κ1) is 13.6. The van der Waals surface area contributed by atoms with Crippen LogP contribution in [0.25, 0.3) is 0 Å². The molecule has 1 aromatic heterocycles. The molecule has 2 fully saturated rings. The van der Waals surface area contributed by atoms with E-state index in [1.54, 1.807) is 6.92 Å². The molecule has 1 aromatic rings. The number of carbonyl (C=O) groups is 1. The highest BCUT2D eigenvalue weighted by Gasteiger charge is 2.34. The molecule has 5 heteroatoms. The van der Waals surface area contributed by atoms with Gasteiger partial charge in [-0.25, -0.2) is 0 Å². The Morgan fingerprint density at radius 1 is 1.45 bits per heavy atom. The van der Waals surface area contributed by atoms with Crippen LogP contribution in [0.4, 0.5) is 0 Å². The molecule has 1 aliphatic heterocycles. The minimum atomic E-state index is -0.680. The van der Waals surface area contributed by atoms with Gasteiger partial charge in [0.25, 0.3) is 0 Å². The van der Waals surface area contributed by atoms with Crippen LogP contribution in [0, 0.1) is 11.8 Å². The third kappa shape index (κ3) is 2.73. The molecule has 1 N–H and O–H groups in total. The van der Waals surface area contributed by atoms with Gasteiger partial charge < -0.3 is 5.11 Å². The molecule has 0 radical (unpaired) electrons. The van der Waals surface area contributed by atoms with Crippen LogP contribution in [-0.2, 0) is 11.3 Å². The highest BCUT2D eigenvalue weighted by atomic mass is 16.4. The highest BCUT2D eigenvalue weighted by molar-refractivity contribution is 5.70. The van der Waals surface area contributed by atoms with Crippen LogP contribution < -0.4 is 0 Å². The molecule has 0 aromatic carbocycles. The van der Waals surface area contributed by atoms with Gasteiger partial charge in [0, 0.05) is 25.8 Å². The summed E-state index contributed by atoms with van der Waals surface area (Å²) >= 11 is 0. The number of aliphatic carboxylic acids is 1. The molecule has 1 unspecified atom stereocenters. The monoisotopic (exact) mass is 277 g/mol. The maximum absolute atomic E-state index is 10.9. The Morgan fingerprint density at radius 3 is 2.80 bits per heavy atom. The topological polar surface area (TPSA) is 58.4 Å². The van der Waals surface area contributed by atoms with Crippen LogP contribution >= 0.6 is 0 Å². The largest absolute Gasteiger partial charge is 0.481 e. The maximum atomic E-state index is 10.9. The molecule has 0 bridgehead atoms. The summed E-state index contributed by atoms with van der Waals surface area (Å²) in [6, 6.07) is 2.70. The van der Waals surface area contributed by atoms with Gasteiger partial charge in [0.15, 0.2) is 0 Å². The van der Waals surface area contributed by atoms with Crippen LogP contribution in [0.3, 0.4) is 0 Å². The molecule has 1 saturated heterocycles. The van der Waals surface area contributed by atoms with Gasteiger partial charge in [-0.1, -0.05) is 19.8 Å². The van der Waals surface area contributed by atoms with E-state index in [0.717, 1.165) is 25.3 Å². The van der Waals surface area contributed by atoms with Gasteiger partial charge in [0.05, 0.1) is 17.7 Å². The molecular formula is C15H23N3O2. The molecule has 3 rings (SSSR count). The summed E-state index contributed by atoms with van der Waals surface area (Å²) in [6.07, 6.45) is 7.25. The van der Waals surface area contributed by atoms with E-state index in [1.807, 2.05) is 0 Å². The molecule has 0 spiro atoms. The lowest BCUT2D eigenvalue weighted by molar-refractivity contribution is -0.145. The fraction of sp³-hybridized carbons (Fsp3) is 0.733. The quantitative estimate of drug-likeness (QED) is 0.896. The summed E-state index contributed by atoms with van der Waals surface area (Å²) in [6.45, 7) is 4.41. The van der Waals surface area contributed by atoms with Crippen molar-refractivity contribution in [3.05, 3.63) is 18.0 Å². The SMILES string of the molecule is CC(C(=O)O)C1CN(Cc2ccn(C3CCCC3)n2)C1. The van der Waals surface area contributed by atoms with E-state index in [2.05, 4.69) is 26.9 Å². The molecule has 20 heavy (non-hydrogen) atoms. The maximum Gasteiger partial charge on any atom is 0.306 e. The Morgan fingerprint density at radius 2 is 2.15 bits per heavy atom. The first-order chi connectivity index (χ1) is 9.63. The number of hydrogen-bond acceptors (Lipinski definition) is 3. The van der Waals surface area contributed by atoms with Crippen molar-refractivity contribution < 1.29 is 9.90 Å². The van der Waals surface area contributed by atoms with Crippen molar-refractivity contribution in [1.82, 2.24) is 14.7 Å². The van der Waals surface area contributed by atoms with E-state index in [4.69, 9.17) is 5.11 Å². The minimum absolute atomic E-state index is 0.234. The summed E-state index contributed by atoms with van der Waals surface area (Å²) < 4.78 is 2.12. The van der Waals surface area contributed by atoms with Gasteiger partial charge in [0.2, 0.25) is 0 Å². The first-order valence-electron chi connectivity index (χ1n) is 7.62. The minimum Gasteiger partial charge on any atom is -0.481 e. The molecular weight excluding hydrogens is 254 g/mol. The molecule has 0 amide bonds. The van der Waals surface area contributed by atoms with Gasteiger partial charge in [0.1, 0.15) is 0 Å². The average Bonchev–Trinajstić information content (AvgIpc) is 3.02. The van der Waals surface area contributed by atoms with E-state index >= 15 is 0 Å². The number of likely N-dealkylation sites (tertiary alicyclic amines) is 1. The molecule has 2 aliphatic rings. The van der Waals surface area contributed by atoms with Crippen molar-refractivity contribution >= 4 is 5.97 Å². The zero-order valence-electron chi connectivity index (χ0n) is 12.0. The summed E-state index contributed by atoms with van der Waals surface area (Å²) in [4.78, 5) is 13.2. The Balaban J connectivity index is 1.49. The standard InChI is InChI=1S/C15H23N3O2/c1-11(15(19)20)12-8-17(9-12)10-13-6-7-18(16-13)14-4-2-3-5-14/h6-7,11-12,14H,2-5,8-10H2,1H3,(H,19,20). The van der Waals surface area contributed by atoms with E-state index < -0.39 is 5.97 Å². The van der Waals surface area contributed by atoms with Gasteiger partial charge in [-0.2, -0.15) is 5.10 Å². The number of carboxylic acid groups (broad SMARTS) is 1. The average molecular weight is 277 g/mol. The Kier molecular flexibility index (Phi) is 3.78. The molecule has 110 valence electrons. The number of carboxylic acids is 1. The third-order valence-corrected chi connectivity index (χ3v) is 4.83. The summed E-state index contributed by atoms with van der Waals surface area (Å²) in [5.41, 5.74) is 1.11. The third-order valence-electron chi connectivity index (χ3n) is 4.83. The fourth-order valence-corrected chi connectivity index (χ4v) is 3.32. The van der Waals surface area contributed by atoms with Crippen molar-refractivity contribution in [3.63, 3.8) is 0 Å². The second-order valence-electron chi connectivity index (χ2n) is 6.31. The summed E-state index contributed by atoms with van der Waals surface area (Å²) in [7, 11) is 0. The van der Waals surface area contributed by atoms with Crippen molar-refractivity contribution in [2.24, 2.45) is 11.8 Å². The lowest BCUT2D eigenvalue weighted by atomic mass is 9.87. The molecule has 2 heterocycles. The van der Waals surface area contributed by atoms with Crippen molar-refractivity contribution in [1.29, 1.82) is 0 Å². The van der Waals surface area contributed by atoms with Crippen LogP contribution in [0.1, 0.15) is 44.3 Å². The fourth-order valence-electron chi connectivity index (χ4n) is 3.32. The second kappa shape index (κ2) is 5.56. The smallest absolute Gasteiger partial charge is 0.306 e. The zero-order chi connectivity index (χ0) is 14.1. The van der Waals surface area contributed by atoms with Gasteiger partial charge in [-0.3, -0.25) is 14.4 Å². The number of rotatable bonds is 5. The molecule has 5 nitrogen and oxygen atoms in total. The number of aromatic nitrogens is 2. The Bertz CT molecular complexity index is 473. The van der Waals surface area contributed by atoms with Crippen molar-refractivity contribution in [2.45, 2.75) is 45.2 Å². The lowest BCUT2D eigenvalue weighted by Gasteiger charge is -2.40. The normalized spacial score (nSPS) is 22.9. The van der Waals surface area contributed by atoms with Crippen LogP contribution in [-0.4, -0.2) is 38.8 Å². The lowest BCUT2D eigenvalue weighted by Crippen LogP contribution is -2.50. The van der Waals surface area contributed by atoms with Crippen molar-refractivity contribution in [3.8, 4) is 0 Å². The van der Waals surface area contributed by atoms with E-state index in [9.17, 15) is 4.79 Å². The van der Waals surface area contributed by atoms with Gasteiger partial charge in [-0.15, -0.1) is 0 Å². The van der Waals surface area contributed by atoms with Crippen LogP contribution in [0.15, 0.2) is 12.3 Å². The Hall–Kier alpha value is -1.36. The predicted molar refractivity (Wildman–Crippen MR) is 75.3 cm³/mol. The van der Waals surface area contributed by atoms with Crippen LogP contribution in [0.5, 0.6) is 0 Å². The van der Waals surface area contributed by atoms with Gasteiger partial charge in [-0.05, 0) is 24.8 Å². The van der Waals surface area contributed by atoms with E-state index in [-0.39, 0.29) is 5.92 Å². The number of nitrogens with zero attached hydrogens (tertiary/aromatic N) is 3. The Labute approximate surface area is 119 Å². The zero-order valence-corrected chi connectivity index (χ0v) is 12.0. The highest BCUT2D eigenvalue weighted by Crippen LogP contribution is 2.29. The molecule has 1 atom stereocenters. The molecule has 1 saturated carbocycles. The first-order valence-corrected chi connectivity index (χ1v) is 7.62. The van der Waals surface area contributed by atoms with E-state index in [1.165, 1.54) is 25.7 Å². The van der Waals surface area contributed by atoms with Crippen molar-refractivity contribution in [2.75, 3.05) is 13.1 Å². The predicted octanol–water partition coefficient (Wildman–Crippen LogP) is 2.15. The van der Waals surface area contributed by atoms with Gasteiger partial charge >= 0.3 is 5.97 Å². The van der Waals surface area contributed by atoms with Crippen LogP contribution in [0.2, 0.25) is 0 Å². The van der Waals surface area contributed by atoms with E-state index in [0.29, 0.717) is 12.0 Å². The second-order valence-corrected chi connectivity index (χ2v) is 6.31.